The van der Waals surface area contributed by atoms with Crippen molar-refractivity contribution < 1.29 is 26.4 Å². The molecule has 0 fully saturated rings. The van der Waals surface area contributed by atoms with Crippen LogP contribution in [0.3, 0.4) is 0 Å². The Kier molecular flexibility index (Phi) is 11.3. The second-order valence-electron chi connectivity index (χ2n) is 9.29. The first-order valence-corrected chi connectivity index (χ1v) is 16.6. The van der Waals surface area contributed by atoms with E-state index in [0.29, 0.717) is 37.3 Å². The molecule has 42 heavy (non-hydrogen) atoms. The first kappa shape index (κ1) is 32.8. The van der Waals surface area contributed by atoms with Gasteiger partial charge in [0.1, 0.15) is 0 Å². The van der Waals surface area contributed by atoms with Crippen molar-refractivity contribution in [1.29, 1.82) is 0 Å². The summed E-state index contributed by atoms with van der Waals surface area (Å²) in [5.74, 6) is -0.514. The summed E-state index contributed by atoms with van der Waals surface area (Å²) in [5.41, 5.74) is 2.30. The predicted molar refractivity (Wildman–Crippen MR) is 166 cm³/mol. The van der Waals surface area contributed by atoms with Gasteiger partial charge in [-0.2, -0.15) is 8.61 Å². The molecule has 8 nitrogen and oxygen atoms in total. The van der Waals surface area contributed by atoms with E-state index in [-0.39, 0.29) is 21.4 Å². The summed E-state index contributed by atoms with van der Waals surface area (Å²) >= 11 is 0. The lowest BCUT2D eigenvalue weighted by Gasteiger charge is -2.18. The normalized spacial score (nSPS) is 12.5. The molecule has 0 radical (unpaired) electrons. The number of carbonyl (C=O) groups is 2. The number of sulfonamides is 2. The molecule has 3 rings (SSSR count). The Hall–Kier alpha value is -3.70. The Bertz CT molecular complexity index is 1520. The maximum Gasteiger partial charge on any atom is 0.243 e. The van der Waals surface area contributed by atoms with Gasteiger partial charge in [-0.25, -0.2) is 16.8 Å². The van der Waals surface area contributed by atoms with Gasteiger partial charge in [-0.15, -0.1) is 0 Å². The van der Waals surface area contributed by atoms with Crippen molar-refractivity contribution in [2.75, 3.05) is 26.2 Å². The van der Waals surface area contributed by atoms with Crippen LogP contribution in [0.15, 0.2) is 94.7 Å². The van der Waals surface area contributed by atoms with Crippen LogP contribution in [0, 0.1) is 0 Å². The van der Waals surface area contributed by atoms with Gasteiger partial charge in [0.25, 0.3) is 0 Å². The van der Waals surface area contributed by atoms with E-state index in [9.17, 15) is 26.4 Å². The highest BCUT2D eigenvalue weighted by Gasteiger charge is 2.22. The number of allylic oxidation sites excluding steroid dienone is 2. The molecule has 0 saturated carbocycles. The summed E-state index contributed by atoms with van der Waals surface area (Å²) in [6.07, 6.45) is 6.17. The van der Waals surface area contributed by atoms with Crippen molar-refractivity contribution in [3.05, 3.63) is 107 Å². The lowest BCUT2D eigenvalue weighted by molar-refractivity contribution is 0.103. The highest BCUT2D eigenvalue weighted by atomic mass is 32.2. The van der Waals surface area contributed by atoms with E-state index < -0.39 is 20.0 Å². The maximum atomic E-state index is 12.6. The van der Waals surface area contributed by atoms with Gasteiger partial charge < -0.3 is 0 Å². The Labute approximate surface area is 249 Å². The highest BCUT2D eigenvalue weighted by molar-refractivity contribution is 7.89. The third kappa shape index (κ3) is 7.77. The minimum absolute atomic E-state index is 0.147. The third-order valence-corrected chi connectivity index (χ3v) is 10.9. The van der Waals surface area contributed by atoms with E-state index in [1.54, 1.807) is 64.1 Å². The van der Waals surface area contributed by atoms with E-state index in [1.807, 2.05) is 0 Å². The number of ketones is 2. The molecule has 0 heterocycles. The number of rotatable bonds is 14. The van der Waals surface area contributed by atoms with Crippen LogP contribution < -0.4 is 0 Å². The van der Waals surface area contributed by atoms with Crippen LogP contribution in [0.1, 0.15) is 59.5 Å². The van der Waals surface area contributed by atoms with Gasteiger partial charge >= 0.3 is 0 Å². The number of hydrogen-bond acceptors (Lipinski definition) is 6. The molecule has 3 aromatic carbocycles. The van der Waals surface area contributed by atoms with Crippen molar-refractivity contribution >= 4 is 43.8 Å². The van der Waals surface area contributed by atoms with Gasteiger partial charge in [-0.1, -0.05) is 64.1 Å². The molecule has 222 valence electrons. The molecule has 0 aliphatic rings. The number of benzene rings is 3. The van der Waals surface area contributed by atoms with Gasteiger partial charge in [0.2, 0.25) is 20.0 Å². The first-order valence-electron chi connectivity index (χ1n) is 13.7. The smallest absolute Gasteiger partial charge is 0.243 e. The van der Waals surface area contributed by atoms with Gasteiger partial charge in [-0.05, 0) is 71.8 Å². The van der Waals surface area contributed by atoms with Crippen LogP contribution in [-0.4, -0.2) is 63.2 Å². The summed E-state index contributed by atoms with van der Waals surface area (Å²) < 4.78 is 53.3. The minimum atomic E-state index is -3.59. The van der Waals surface area contributed by atoms with E-state index in [0.717, 1.165) is 11.1 Å². The van der Waals surface area contributed by atoms with Crippen molar-refractivity contribution in [3.63, 3.8) is 0 Å². The van der Waals surface area contributed by atoms with Crippen LogP contribution in [0.4, 0.5) is 0 Å². The third-order valence-electron chi connectivity index (χ3n) is 6.75. The van der Waals surface area contributed by atoms with Gasteiger partial charge in [0.15, 0.2) is 11.6 Å². The zero-order valence-electron chi connectivity index (χ0n) is 24.2. The Morgan fingerprint density at radius 3 is 1.07 bits per heavy atom. The molecule has 0 N–H and O–H groups in total. The van der Waals surface area contributed by atoms with Gasteiger partial charge in [0, 0.05) is 37.3 Å². The fraction of sp³-hybridized carbons (Fsp3) is 0.250. The first-order chi connectivity index (χ1) is 20.0. The molecule has 0 amide bonds. The average Bonchev–Trinajstić information content (AvgIpc) is 3.00. The molecule has 0 aliphatic carbocycles. The molecule has 0 aromatic heterocycles. The molecule has 0 saturated heterocycles. The Morgan fingerprint density at radius 1 is 0.524 bits per heavy atom. The summed E-state index contributed by atoms with van der Waals surface area (Å²) in [5, 5.41) is 0. The van der Waals surface area contributed by atoms with Gasteiger partial charge in [0.05, 0.1) is 9.79 Å². The topological polar surface area (TPSA) is 109 Å². The number of nitrogens with zero attached hydrogens (tertiary/aromatic N) is 2. The predicted octanol–water partition coefficient (Wildman–Crippen LogP) is 5.54. The molecule has 0 spiro atoms. The quantitative estimate of drug-likeness (QED) is 0.176. The van der Waals surface area contributed by atoms with Crippen molar-refractivity contribution in [2.24, 2.45) is 0 Å². The monoisotopic (exact) mass is 608 g/mol. The fourth-order valence-corrected chi connectivity index (χ4v) is 7.18. The largest absolute Gasteiger partial charge is 0.289 e. The number of hydrogen-bond donors (Lipinski definition) is 0. The molecule has 0 atom stereocenters. The van der Waals surface area contributed by atoms with Crippen molar-refractivity contribution in [3.8, 4) is 0 Å². The van der Waals surface area contributed by atoms with Crippen LogP contribution in [-0.2, 0) is 20.0 Å². The van der Waals surface area contributed by atoms with Crippen molar-refractivity contribution in [1.82, 2.24) is 8.61 Å². The summed E-state index contributed by atoms with van der Waals surface area (Å²) in [4.78, 5) is 25.5. The summed E-state index contributed by atoms with van der Waals surface area (Å²) in [6, 6.07) is 19.0. The summed E-state index contributed by atoms with van der Waals surface area (Å²) in [7, 11) is -7.17. The molecule has 0 bridgehead atoms. The van der Waals surface area contributed by atoms with E-state index in [1.165, 1.54) is 69.3 Å². The molecule has 0 unspecified atom stereocenters. The van der Waals surface area contributed by atoms with Crippen molar-refractivity contribution in [2.45, 2.75) is 37.5 Å². The van der Waals surface area contributed by atoms with Gasteiger partial charge in [-0.3, -0.25) is 9.59 Å². The van der Waals surface area contributed by atoms with E-state index >= 15 is 0 Å². The van der Waals surface area contributed by atoms with Crippen LogP contribution in [0.2, 0.25) is 0 Å². The molecule has 10 heteroatoms. The Balaban J connectivity index is 1.62. The SMILES string of the molecule is CCN(CC)S(=O)(=O)c1ccc(C(=O)/C=C/c2ccc(/C=C/C(=O)c3ccc(S(=O)(=O)N(CC)CC)cc3)cc2)cc1. The van der Waals surface area contributed by atoms with E-state index in [4.69, 9.17) is 0 Å². The summed E-state index contributed by atoms with van der Waals surface area (Å²) in [6.45, 7) is 8.57. The number of carbonyl (C=O) groups excluding carboxylic acids is 2. The standard InChI is InChI=1S/C32H36N2O6S2/c1-5-33(6-2)41(37,38)29-19-15-27(16-20-29)31(35)23-13-25-9-11-26(12-10-25)14-24-32(36)28-17-21-30(22-18-28)42(39,40)34(7-3)8-4/h9-24H,5-8H2,1-4H3/b23-13+,24-14+. The Morgan fingerprint density at radius 2 is 0.810 bits per heavy atom. The van der Waals surface area contributed by atoms with Crippen LogP contribution >= 0.6 is 0 Å². The average molecular weight is 609 g/mol. The molecule has 0 aliphatic heterocycles. The molecule has 3 aromatic rings. The lowest BCUT2D eigenvalue weighted by Crippen LogP contribution is -2.30. The van der Waals surface area contributed by atoms with Crippen LogP contribution in [0.5, 0.6) is 0 Å². The maximum absolute atomic E-state index is 12.6. The minimum Gasteiger partial charge on any atom is -0.289 e. The second kappa shape index (κ2) is 14.5. The van der Waals surface area contributed by atoms with E-state index in [2.05, 4.69) is 0 Å². The highest BCUT2D eigenvalue weighted by Crippen LogP contribution is 2.19. The lowest BCUT2D eigenvalue weighted by atomic mass is 10.1. The molecular formula is C32H36N2O6S2. The fourth-order valence-electron chi connectivity index (χ4n) is 4.26. The zero-order valence-corrected chi connectivity index (χ0v) is 25.9. The zero-order chi connectivity index (χ0) is 30.9. The molecular weight excluding hydrogens is 572 g/mol. The van der Waals surface area contributed by atoms with Crippen LogP contribution in [0.25, 0.3) is 12.2 Å². The second-order valence-corrected chi connectivity index (χ2v) is 13.2.